The summed E-state index contributed by atoms with van der Waals surface area (Å²) in [6.07, 6.45) is 20.8. The maximum absolute atomic E-state index is 5.69. The number of aromatic nitrogens is 5. The van der Waals surface area contributed by atoms with Crippen molar-refractivity contribution in [3.05, 3.63) is 76.6 Å². The van der Waals surface area contributed by atoms with Gasteiger partial charge >= 0.3 is 0 Å². The lowest BCUT2D eigenvalue weighted by atomic mass is 9.49. The first-order valence-corrected chi connectivity index (χ1v) is 19.2. The van der Waals surface area contributed by atoms with E-state index in [1.807, 2.05) is 0 Å². The Morgan fingerprint density at radius 3 is 1.58 bits per heavy atom. The maximum Gasteiger partial charge on any atom is 0.294 e. The van der Waals surface area contributed by atoms with Crippen LogP contribution < -0.4 is 4.57 Å². The number of aryl methyl sites for hydroxylation is 5. The highest BCUT2D eigenvalue weighted by molar-refractivity contribution is 5.70. The van der Waals surface area contributed by atoms with Gasteiger partial charge in [-0.2, -0.15) is 4.57 Å². The fourth-order valence-electron chi connectivity index (χ4n) is 13.3. The zero-order valence-corrected chi connectivity index (χ0v) is 29.7. The lowest BCUT2D eigenvalue weighted by Gasteiger charge is -2.57. The minimum Gasteiger partial charge on any atom is -0.232 e. The van der Waals surface area contributed by atoms with Crippen LogP contribution in [-0.4, -0.2) is 19.5 Å². The van der Waals surface area contributed by atoms with Gasteiger partial charge in [0.25, 0.3) is 5.82 Å². The Morgan fingerprint density at radius 1 is 0.625 bits per heavy atom. The summed E-state index contributed by atoms with van der Waals surface area (Å²) in [5.41, 5.74) is 9.14. The molecule has 0 spiro atoms. The van der Waals surface area contributed by atoms with Gasteiger partial charge in [-0.1, -0.05) is 29.8 Å². The number of nitrogens with zero attached hydrogens (tertiary/aromatic N) is 5. The summed E-state index contributed by atoms with van der Waals surface area (Å²) in [6.45, 7) is 8.93. The third-order valence-corrected chi connectivity index (χ3v) is 14.3. The molecule has 2 aromatic carbocycles. The summed E-state index contributed by atoms with van der Waals surface area (Å²) in [5, 5.41) is 0. The van der Waals surface area contributed by atoms with E-state index in [2.05, 4.69) is 86.6 Å². The van der Waals surface area contributed by atoms with Crippen molar-refractivity contribution in [3.8, 4) is 28.5 Å². The molecule has 5 heteroatoms. The highest BCUT2D eigenvalue weighted by Gasteiger charge is 2.56. The third kappa shape index (κ3) is 4.47. The van der Waals surface area contributed by atoms with Gasteiger partial charge in [0.05, 0.1) is 12.6 Å². The van der Waals surface area contributed by atoms with Gasteiger partial charge in [-0.15, -0.1) is 0 Å². The lowest BCUT2D eigenvalue weighted by molar-refractivity contribution is -0.659. The van der Waals surface area contributed by atoms with Crippen LogP contribution in [-0.2, 0) is 17.9 Å². The molecule has 8 bridgehead atoms. The Bertz CT molecular complexity index is 1810. The van der Waals surface area contributed by atoms with E-state index in [4.69, 9.17) is 15.0 Å². The van der Waals surface area contributed by atoms with Crippen LogP contribution in [0.25, 0.3) is 28.5 Å². The predicted molar refractivity (Wildman–Crippen MR) is 190 cm³/mol. The summed E-state index contributed by atoms with van der Waals surface area (Å²) in [6, 6.07) is 11.6. The number of benzene rings is 2. The van der Waals surface area contributed by atoms with Gasteiger partial charge < -0.3 is 0 Å². The zero-order valence-electron chi connectivity index (χ0n) is 29.7. The van der Waals surface area contributed by atoms with E-state index in [0.29, 0.717) is 0 Å². The van der Waals surface area contributed by atoms with Crippen LogP contribution in [0.5, 0.6) is 0 Å². The Labute approximate surface area is 286 Å². The first kappa shape index (κ1) is 29.6. The van der Waals surface area contributed by atoms with Crippen LogP contribution in [0.1, 0.15) is 111 Å². The molecule has 12 rings (SSSR count). The lowest BCUT2D eigenvalue weighted by Crippen LogP contribution is -2.51. The maximum atomic E-state index is 5.69. The van der Waals surface area contributed by atoms with E-state index in [1.54, 1.807) is 0 Å². The number of imidazole rings is 1. The molecule has 2 aromatic heterocycles. The molecular formula is C43H52N5+. The predicted octanol–water partition coefficient (Wildman–Crippen LogP) is 8.99. The van der Waals surface area contributed by atoms with Crippen molar-refractivity contribution in [2.45, 2.75) is 116 Å². The average Bonchev–Trinajstić information content (AvgIpc) is 3.39. The second-order valence-corrected chi connectivity index (χ2v) is 18.1. The molecule has 248 valence electrons. The van der Waals surface area contributed by atoms with Crippen LogP contribution in [0.3, 0.4) is 0 Å². The van der Waals surface area contributed by atoms with E-state index in [9.17, 15) is 0 Å². The van der Waals surface area contributed by atoms with Crippen molar-refractivity contribution < 1.29 is 4.57 Å². The molecule has 0 radical (unpaired) electrons. The summed E-state index contributed by atoms with van der Waals surface area (Å²) in [4.78, 5) is 16.8. The van der Waals surface area contributed by atoms with Crippen LogP contribution in [0.4, 0.5) is 0 Å². The first-order valence-electron chi connectivity index (χ1n) is 19.2. The SMILES string of the molecule is Cc1cc(C)c(-n2cc[n+](C)c2-c2cc(-c3nc(C45CC6CC(CC(C6)C4)C5)nc(C45CC6CC(CC(C6)C4)C5)n3)ccc2C)c(C)c1. The van der Waals surface area contributed by atoms with Crippen LogP contribution in [0.15, 0.2) is 42.7 Å². The van der Waals surface area contributed by atoms with E-state index in [-0.39, 0.29) is 10.8 Å². The molecule has 0 aliphatic heterocycles. The van der Waals surface area contributed by atoms with Crippen LogP contribution in [0, 0.1) is 63.2 Å². The summed E-state index contributed by atoms with van der Waals surface area (Å²) in [7, 11) is 2.18. The van der Waals surface area contributed by atoms with Gasteiger partial charge in [0.1, 0.15) is 29.7 Å². The molecule has 8 saturated carbocycles. The molecule has 2 heterocycles. The monoisotopic (exact) mass is 638 g/mol. The van der Waals surface area contributed by atoms with Crippen molar-refractivity contribution in [2.75, 3.05) is 0 Å². The first-order chi connectivity index (χ1) is 23.1. The molecular weight excluding hydrogens is 587 g/mol. The van der Waals surface area contributed by atoms with Gasteiger partial charge in [0, 0.05) is 16.4 Å². The zero-order chi connectivity index (χ0) is 32.5. The molecule has 0 N–H and O–H groups in total. The molecule has 8 fully saturated rings. The number of hydrogen-bond acceptors (Lipinski definition) is 3. The van der Waals surface area contributed by atoms with Crippen molar-refractivity contribution in [1.29, 1.82) is 0 Å². The fraction of sp³-hybridized carbons (Fsp3) is 0.581. The van der Waals surface area contributed by atoms with Crippen molar-refractivity contribution in [1.82, 2.24) is 19.5 Å². The summed E-state index contributed by atoms with van der Waals surface area (Å²) < 4.78 is 4.67. The van der Waals surface area contributed by atoms with E-state index in [0.717, 1.165) is 46.9 Å². The highest BCUT2D eigenvalue weighted by atomic mass is 15.1. The third-order valence-electron chi connectivity index (χ3n) is 14.3. The molecule has 48 heavy (non-hydrogen) atoms. The summed E-state index contributed by atoms with van der Waals surface area (Å²) >= 11 is 0. The standard InChI is InChI=1S/C43H52N5/c1-25-10-27(3)37(28(4)11-25)48-9-8-47(5)39(48)36-18-35(7-6-26(36)2)38-44-40(42-19-29-12-30(20-42)14-31(13-29)21-42)46-41(45-38)43-22-32-15-33(23-43)17-34(16-32)24-43/h6-11,18,29-34H,12-17,19-24H2,1-5H3/q+1. The second-order valence-electron chi connectivity index (χ2n) is 18.1. The Morgan fingerprint density at radius 2 is 1.10 bits per heavy atom. The molecule has 8 aliphatic carbocycles. The van der Waals surface area contributed by atoms with Crippen LogP contribution >= 0.6 is 0 Å². The molecule has 8 aliphatic rings. The molecule has 0 atom stereocenters. The molecule has 5 nitrogen and oxygen atoms in total. The second kappa shape index (κ2) is 10.3. The highest BCUT2D eigenvalue weighted by Crippen LogP contribution is 2.62. The molecule has 0 amide bonds. The van der Waals surface area contributed by atoms with Gasteiger partial charge in [0.15, 0.2) is 5.82 Å². The Hall–Kier alpha value is -3.34. The molecule has 0 saturated heterocycles. The number of hydrogen-bond donors (Lipinski definition) is 0. The average molecular weight is 639 g/mol. The van der Waals surface area contributed by atoms with E-state index >= 15 is 0 Å². The number of rotatable bonds is 5. The largest absolute Gasteiger partial charge is 0.294 e. The molecule has 0 unspecified atom stereocenters. The van der Waals surface area contributed by atoms with Crippen molar-refractivity contribution >= 4 is 0 Å². The van der Waals surface area contributed by atoms with Crippen LogP contribution in [0.2, 0.25) is 0 Å². The quantitative estimate of drug-likeness (QED) is 0.205. The fourth-order valence-corrected chi connectivity index (χ4v) is 13.3. The van der Waals surface area contributed by atoms with Gasteiger partial charge in [-0.25, -0.2) is 19.5 Å². The normalized spacial score (nSPS) is 34.4. The molecule has 4 aromatic rings. The van der Waals surface area contributed by atoms with Crippen molar-refractivity contribution in [2.24, 2.45) is 42.6 Å². The minimum atomic E-state index is 0.151. The van der Waals surface area contributed by atoms with E-state index < -0.39 is 0 Å². The minimum absolute atomic E-state index is 0.151. The van der Waals surface area contributed by atoms with Gasteiger partial charge in [0.2, 0.25) is 0 Å². The Kier molecular flexibility index (Phi) is 6.37. The summed E-state index contributed by atoms with van der Waals surface area (Å²) in [5.74, 6) is 9.65. The Balaban J connectivity index is 1.13. The van der Waals surface area contributed by atoms with Gasteiger partial charge in [-0.3, -0.25) is 0 Å². The van der Waals surface area contributed by atoms with E-state index in [1.165, 1.54) is 128 Å². The smallest absolute Gasteiger partial charge is 0.232 e. The topological polar surface area (TPSA) is 47.5 Å². The van der Waals surface area contributed by atoms with Crippen molar-refractivity contribution in [3.63, 3.8) is 0 Å². The van der Waals surface area contributed by atoms with Gasteiger partial charge in [-0.05, 0) is 163 Å².